The second kappa shape index (κ2) is 6.31. The highest BCUT2D eigenvalue weighted by Gasteiger charge is 2.12. The fourth-order valence-corrected chi connectivity index (χ4v) is 1.25. The molecule has 0 radical (unpaired) electrons. The minimum Gasteiger partial charge on any atom is -0.480 e. The molecule has 0 aliphatic carbocycles. The second-order valence-electron chi connectivity index (χ2n) is 3.24. The Morgan fingerprint density at radius 3 is 2.53 bits per heavy atom. The molecule has 0 heterocycles. The maximum atomic E-state index is 10.5. The third kappa shape index (κ3) is 4.49. The number of carbonyl (C=O) groups is 1. The first-order chi connectivity index (χ1) is 8.00. The van der Waals surface area contributed by atoms with Gasteiger partial charge in [-0.1, -0.05) is 15.9 Å². The molecular formula is C10H10BrNO5. The number of carboxylic acids is 1. The zero-order valence-electron chi connectivity index (χ0n) is 8.71. The van der Waals surface area contributed by atoms with E-state index >= 15 is 0 Å². The van der Waals surface area contributed by atoms with E-state index in [2.05, 4.69) is 15.9 Å². The van der Waals surface area contributed by atoms with Gasteiger partial charge in [-0.15, -0.1) is 0 Å². The van der Waals surface area contributed by atoms with E-state index in [4.69, 9.17) is 9.84 Å². The molecule has 7 heteroatoms. The molecule has 6 nitrogen and oxygen atoms in total. The summed E-state index contributed by atoms with van der Waals surface area (Å²) >= 11 is 2.93. The number of halogens is 1. The lowest BCUT2D eigenvalue weighted by molar-refractivity contribution is -0.384. The molecule has 17 heavy (non-hydrogen) atoms. The van der Waals surface area contributed by atoms with Gasteiger partial charge in [0.25, 0.3) is 5.69 Å². The summed E-state index contributed by atoms with van der Waals surface area (Å²) in [6, 6.07) is 5.90. The maximum absolute atomic E-state index is 10.5. The lowest BCUT2D eigenvalue weighted by Gasteiger charge is -2.06. The summed E-state index contributed by atoms with van der Waals surface area (Å²) in [5, 5.41) is 19.0. The number of nitrogens with zero attached hydrogens (tertiary/aromatic N) is 1. The van der Waals surface area contributed by atoms with Crippen molar-refractivity contribution < 1.29 is 19.6 Å². The standard InChI is InChI=1S/C10H10BrNO5/c11-9(10(13)14)6-17-5-7-1-3-8(4-2-7)12(15)16/h1-4,9H,5-6H2,(H,13,14). The van der Waals surface area contributed by atoms with Crippen molar-refractivity contribution in [2.75, 3.05) is 6.61 Å². The summed E-state index contributed by atoms with van der Waals surface area (Å²) < 4.78 is 5.15. The average molecular weight is 304 g/mol. The fourth-order valence-electron chi connectivity index (χ4n) is 1.07. The number of alkyl halides is 1. The van der Waals surface area contributed by atoms with Crippen molar-refractivity contribution >= 4 is 27.6 Å². The quantitative estimate of drug-likeness (QED) is 0.493. The summed E-state index contributed by atoms with van der Waals surface area (Å²) in [7, 11) is 0. The van der Waals surface area contributed by atoms with Gasteiger partial charge in [-0.25, -0.2) is 0 Å². The normalized spacial score (nSPS) is 12.1. The number of non-ortho nitro benzene ring substituents is 1. The van der Waals surface area contributed by atoms with Gasteiger partial charge in [-0.05, 0) is 17.7 Å². The highest BCUT2D eigenvalue weighted by Crippen LogP contribution is 2.13. The molecule has 0 fully saturated rings. The van der Waals surface area contributed by atoms with Crippen LogP contribution in [0, 0.1) is 10.1 Å². The van der Waals surface area contributed by atoms with Crippen LogP contribution in [-0.2, 0) is 16.1 Å². The number of benzene rings is 1. The van der Waals surface area contributed by atoms with E-state index in [-0.39, 0.29) is 18.9 Å². The predicted octanol–water partition coefficient (Wildman–Crippen LogP) is 1.96. The van der Waals surface area contributed by atoms with Crippen molar-refractivity contribution in [2.24, 2.45) is 0 Å². The summed E-state index contributed by atoms with van der Waals surface area (Å²) in [5.41, 5.74) is 0.762. The molecule has 1 N–H and O–H groups in total. The molecule has 0 aliphatic heterocycles. The highest BCUT2D eigenvalue weighted by molar-refractivity contribution is 9.10. The van der Waals surface area contributed by atoms with E-state index in [0.717, 1.165) is 5.56 Å². The Kier molecular flexibility index (Phi) is 5.05. The molecule has 1 rings (SSSR count). The Morgan fingerprint density at radius 2 is 2.06 bits per heavy atom. The third-order valence-corrected chi connectivity index (χ3v) is 2.60. The number of carboxylic acid groups (broad SMARTS) is 1. The molecule has 1 aromatic carbocycles. The van der Waals surface area contributed by atoms with Crippen molar-refractivity contribution in [2.45, 2.75) is 11.4 Å². The first kappa shape index (κ1) is 13.6. The number of aliphatic carboxylic acids is 1. The van der Waals surface area contributed by atoms with Gasteiger partial charge < -0.3 is 9.84 Å². The number of rotatable bonds is 6. The molecule has 0 aromatic heterocycles. The van der Waals surface area contributed by atoms with Gasteiger partial charge in [0.2, 0.25) is 0 Å². The average Bonchev–Trinajstić information content (AvgIpc) is 2.29. The molecule has 1 aromatic rings. The van der Waals surface area contributed by atoms with Crippen molar-refractivity contribution in [1.29, 1.82) is 0 Å². The van der Waals surface area contributed by atoms with Crippen LogP contribution < -0.4 is 0 Å². The largest absolute Gasteiger partial charge is 0.480 e. The zero-order valence-corrected chi connectivity index (χ0v) is 10.3. The van der Waals surface area contributed by atoms with Crippen LogP contribution in [0.3, 0.4) is 0 Å². The van der Waals surface area contributed by atoms with Gasteiger partial charge in [0.05, 0.1) is 18.1 Å². The predicted molar refractivity (Wildman–Crippen MR) is 63.1 cm³/mol. The number of ether oxygens (including phenoxy) is 1. The van der Waals surface area contributed by atoms with Crippen LogP contribution in [0.25, 0.3) is 0 Å². The summed E-state index contributed by atoms with van der Waals surface area (Å²) in [6.45, 7) is 0.250. The van der Waals surface area contributed by atoms with Crippen molar-refractivity contribution in [3.63, 3.8) is 0 Å². The van der Waals surface area contributed by atoms with Crippen molar-refractivity contribution in [3.8, 4) is 0 Å². The van der Waals surface area contributed by atoms with Gasteiger partial charge in [0, 0.05) is 12.1 Å². The number of hydrogen-bond acceptors (Lipinski definition) is 4. The first-order valence-electron chi connectivity index (χ1n) is 4.68. The van der Waals surface area contributed by atoms with Gasteiger partial charge in [0.1, 0.15) is 4.83 Å². The van der Waals surface area contributed by atoms with Gasteiger partial charge in [-0.3, -0.25) is 14.9 Å². The molecule has 1 unspecified atom stereocenters. The Hall–Kier alpha value is -1.47. The van der Waals surface area contributed by atoms with Crippen LogP contribution in [-0.4, -0.2) is 27.4 Å². The van der Waals surface area contributed by atoms with Crippen LogP contribution in [0.15, 0.2) is 24.3 Å². The highest BCUT2D eigenvalue weighted by atomic mass is 79.9. The van der Waals surface area contributed by atoms with Crippen LogP contribution >= 0.6 is 15.9 Å². The summed E-state index contributed by atoms with van der Waals surface area (Å²) in [6.07, 6.45) is 0. The number of hydrogen-bond donors (Lipinski definition) is 1. The molecule has 0 saturated heterocycles. The molecule has 1 atom stereocenters. The molecule has 0 aliphatic rings. The fraction of sp³-hybridized carbons (Fsp3) is 0.300. The van der Waals surface area contributed by atoms with E-state index in [1.807, 2.05) is 0 Å². The van der Waals surface area contributed by atoms with E-state index in [0.29, 0.717) is 0 Å². The summed E-state index contributed by atoms with van der Waals surface area (Å²) in [5.74, 6) is -0.992. The zero-order chi connectivity index (χ0) is 12.8. The second-order valence-corrected chi connectivity index (χ2v) is 4.35. The molecule has 0 bridgehead atoms. The lowest BCUT2D eigenvalue weighted by atomic mass is 10.2. The van der Waals surface area contributed by atoms with Crippen molar-refractivity contribution in [1.82, 2.24) is 0 Å². The first-order valence-corrected chi connectivity index (χ1v) is 5.60. The van der Waals surface area contributed by atoms with Crippen LogP contribution in [0.5, 0.6) is 0 Å². The van der Waals surface area contributed by atoms with E-state index in [1.54, 1.807) is 12.1 Å². The van der Waals surface area contributed by atoms with E-state index in [1.165, 1.54) is 12.1 Å². The maximum Gasteiger partial charge on any atom is 0.319 e. The minimum atomic E-state index is -0.992. The van der Waals surface area contributed by atoms with Crippen LogP contribution in [0.2, 0.25) is 0 Å². The van der Waals surface area contributed by atoms with E-state index in [9.17, 15) is 14.9 Å². The Balaban J connectivity index is 2.42. The summed E-state index contributed by atoms with van der Waals surface area (Å²) in [4.78, 5) is 19.6. The van der Waals surface area contributed by atoms with Crippen LogP contribution in [0.1, 0.15) is 5.56 Å². The SMILES string of the molecule is O=C(O)C(Br)COCc1ccc([N+](=O)[O-])cc1. The Morgan fingerprint density at radius 1 is 1.47 bits per heavy atom. The van der Waals surface area contributed by atoms with Crippen molar-refractivity contribution in [3.05, 3.63) is 39.9 Å². The number of nitro benzene ring substituents is 1. The third-order valence-electron chi connectivity index (χ3n) is 1.95. The molecular weight excluding hydrogens is 294 g/mol. The van der Waals surface area contributed by atoms with Gasteiger partial charge in [0.15, 0.2) is 0 Å². The van der Waals surface area contributed by atoms with Crippen LogP contribution in [0.4, 0.5) is 5.69 Å². The number of nitro groups is 1. The van der Waals surface area contributed by atoms with E-state index < -0.39 is 15.7 Å². The molecule has 0 spiro atoms. The van der Waals surface area contributed by atoms with Gasteiger partial charge in [-0.2, -0.15) is 0 Å². The Bertz CT molecular complexity index is 406. The minimum absolute atomic E-state index is 0.0117. The lowest BCUT2D eigenvalue weighted by Crippen LogP contribution is -2.19. The molecule has 92 valence electrons. The topological polar surface area (TPSA) is 89.7 Å². The monoisotopic (exact) mass is 303 g/mol. The smallest absolute Gasteiger partial charge is 0.319 e. The molecule has 0 amide bonds. The molecule has 0 saturated carbocycles. The Labute approximate surface area is 105 Å². The van der Waals surface area contributed by atoms with Gasteiger partial charge >= 0.3 is 5.97 Å².